The number of anilines is 2. The molecule has 1 aliphatic rings. The molecule has 1 amide bonds. The minimum Gasteiger partial charge on any atom is -0.495 e. The number of benzene rings is 2. The molecule has 1 aliphatic heterocycles. The van der Waals surface area contributed by atoms with Crippen LogP contribution in [-0.4, -0.2) is 32.6 Å². The van der Waals surface area contributed by atoms with Crippen LogP contribution in [0.4, 0.5) is 17.1 Å². The molecule has 5 rings (SSSR count). The molecule has 0 radical (unpaired) electrons. The maximum atomic E-state index is 12.0. The van der Waals surface area contributed by atoms with Crippen LogP contribution >= 0.6 is 12.2 Å². The van der Waals surface area contributed by atoms with Gasteiger partial charge in [0.05, 0.1) is 35.5 Å². The van der Waals surface area contributed by atoms with E-state index in [1.54, 1.807) is 19.4 Å². The number of non-ortho nitro benzene ring substituents is 1. The Kier molecular flexibility index (Phi) is 7.95. The number of aryl methyl sites for hydroxylation is 2. The predicted molar refractivity (Wildman–Crippen MR) is 166 cm³/mol. The second kappa shape index (κ2) is 11.6. The topological polar surface area (TPSA) is 115 Å². The van der Waals surface area contributed by atoms with Crippen LogP contribution in [0.2, 0.25) is 0 Å². The largest absolute Gasteiger partial charge is 0.495 e. The van der Waals surface area contributed by atoms with Gasteiger partial charge in [-0.15, -0.1) is 0 Å². The lowest BCUT2D eigenvalue weighted by Gasteiger charge is -2.29. The first kappa shape index (κ1) is 28.7. The monoisotopic (exact) mass is 584 g/mol. The second-order valence-corrected chi connectivity index (χ2v) is 10.6. The van der Waals surface area contributed by atoms with Crippen LogP contribution in [0.1, 0.15) is 53.6 Å². The second-order valence-electron chi connectivity index (χ2n) is 10.2. The number of methoxy groups -OCH3 is 1. The summed E-state index contributed by atoms with van der Waals surface area (Å²) in [6.45, 7) is 7.72. The van der Waals surface area contributed by atoms with Crippen LogP contribution in [0.15, 0.2) is 66.9 Å². The van der Waals surface area contributed by atoms with Crippen LogP contribution in [0.5, 0.6) is 5.75 Å². The molecule has 2 aromatic heterocycles. The van der Waals surface area contributed by atoms with Gasteiger partial charge in [-0.2, -0.15) is 0 Å². The fraction of sp³-hybridized carbons (Fsp3) is 0.258. The molecule has 2 atom stereocenters. The highest BCUT2D eigenvalue weighted by atomic mass is 32.1. The van der Waals surface area contributed by atoms with Crippen molar-refractivity contribution in [1.82, 2.24) is 14.9 Å². The fourth-order valence-corrected chi connectivity index (χ4v) is 5.90. The van der Waals surface area contributed by atoms with Crippen molar-refractivity contribution in [2.75, 3.05) is 17.3 Å². The first-order chi connectivity index (χ1) is 20.1. The molecule has 4 aromatic rings. The van der Waals surface area contributed by atoms with Crippen LogP contribution in [0, 0.1) is 30.9 Å². The van der Waals surface area contributed by atoms with Gasteiger partial charge < -0.3 is 24.8 Å². The summed E-state index contributed by atoms with van der Waals surface area (Å²) in [6, 6.07) is 17.7. The number of amides is 1. The van der Waals surface area contributed by atoms with Crippen LogP contribution in [0.3, 0.4) is 0 Å². The van der Waals surface area contributed by atoms with Crippen molar-refractivity contribution in [1.29, 1.82) is 0 Å². The Hall–Kier alpha value is -4.77. The van der Waals surface area contributed by atoms with Crippen molar-refractivity contribution in [3.63, 3.8) is 0 Å². The number of hydrogen-bond donors (Lipinski definition) is 2. The van der Waals surface area contributed by atoms with E-state index in [0.717, 1.165) is 39.6 Å². The van der Waals surface area contributed by atoms with E-state index < -0.39 is 4.92 Å². The molecule has 1 fully saturated rings. The lowest BCUT2D eigenvalue weighted by Crippen LogP contribution is -2.29. The predicted octanol–water partition coefficient (Wildman–Crippen LogP) is 6.24. The Morgan fingerprint density at radius 2 is 1.93 bits per heavy atom. The number of hydrogen-bond acceptors (Lipinski definition) is 6. The van der Waals surface area contributed by atoms with Crippen molar-refractivity contribution in [3.8, 4) is 11.4 Å². The highest BCUT2D eigenvalue weighted by molar-refractivity contribution is 7.80. The number of aromatic nitrogens is 2. The van der Waals surface area contributed by atoms with Crippen molar-refractivity contribution < 1.29 is 14.5 Å². The van der Waals surface area contributed by atoms with Gasteiger partial charge in [0.15, 0.2) is 5.11 Å². The van der Waals surface area contributed by atoms with Gasteiger partial charge in [0.25, 0.3) is 5.69 Å². The number of carbonyl (C=O) groups is 1. The van der Waals surface area contributed by atoms with E-state index in [-0.39, 0.29) is 23.7 Å². The Labute approximate surface area is 249 Å². The molecule has 42 heavy (non-hydrogen) atoms. The first-order valence-corrected chi connectivity index (χ1v) is 14.0. The molecule has 0 spiro atoms. The highest BCUT2D eigenvalue weighted by Crippen LogP contribution is 2.45. The molecular weight excluding hydrogens is 552 g/mol. The van der Waals surface area contributed by atoms with Crippen molar-refractivity contribution in [2.24, 2.45) is 0 Å². The summed E-state index contributed by atoms with van der Waals surface area (Å²) in [4.78, 5) is 30.0. The van der Waals surface area contributed by atoms with E-state index in [1.807, 2.05) is 68.7 Å². The summed E-state index contributed by atoms with van der Waals surface area (Å²) in [5.41, 5.74) is 6.64. The van der Waals surface area contributed by atoms with Gasteiger partial charge in [-0.05, 0) is 86.6 Å². The van der Waals surface area contributed by atoms with E-state index in [9.17, 15) is 14.9 Å². The van der Waals surface area contributed by atoms with Gasteiger partial charge in [0, 0.05) is 47.5 Å². The molecule has 3 heterocycles. The van der Waals surface area contributed by atoms with Gasteiger partial charge in [-0.3, -0.25) is 19.9 Å². The summed E-state index contributed by atoms with van der Waals surface area (Å²) in [5, 5.41) is 18.6. The number of ether oxygens (including phenoxy) is 1. The van der Waals surface area contributed by atoms with Crippen LogP contribution < -0.4 is 20.3 Å². The molecule has 1 saturated heterocycles. The van der Waals surface area contributed by atoms with Crippen molar-refractivity contribution >= 4 is 40.3 Å². The molecule has 0 saturated carbocycles. The van der Waals surface area contributed by atoms with Crippen LogP contribution in [0.25, 0.3) is 5.69 Å². The minimum atomic E-state index is -0.412. The van der Waals surface area contributed by atoms with E-state index in [0.29, 0.717) is 23.0 Å². The van der Waals surface area contributed by atoms with Gasteiger partial charge in [0.1, 0.15) is 5.75 Å². The Morgan fingerprint density at radius 1 is 1.14 bits per heavy atom. The third-order valence-corrected chi connectivity index (χ3v) is 7.90. The number of nitro groups is 1. The molecule has 216 valence electrons. The van der Waals surface area contributed by atoms with E-state index in [4.69, 9.17) is 17.0 Å². The number of nitrogens with zero attached hydrogens (tertiary/aromatic N) is 4. The highest BCUT2D eigenvalue weighted by Gasteiger charge is 2.42. The number of nitro benzene ring substituents is 1. The number of thiocarbonyl (C=S) groups is 1. The first-order valence-electron chi connectivity index (χ1n) is 13.6. The molecule has 0 aliphatic carbocycles. The summed E-state index contributed by atoms with van der Waals surface area (Å²) in [6.07, 6.45) is 2.15. The quantitative estimate of drug-likeness (QED) is 0.142. The summed E-state index contributed by atoms with van der Waals surface area (Å²) >= 11 is 5.92. The van der Waals surface area contributed by atoms with Gasteiger partial charge in [0.2, 0.25) is 5.91 Å². The third kappa shape index (κ3) is 5.18. The maximum absolute atomic E-state index is 12.0. The van der Waals surface area contributed by atoms with Crippen molar-refractivity contribution in [3.05, 3.63) is 105 Å². The Morgan fingerprint density at radius 3 is 2.57 bits per heavy atom. The lowest BCUT2D eigenvalue weighted by atomic mass is 9.96. The molecule has 2 aromatic carbocycles. The number of carbonyl (C=O) groups excluding carboxylic acids is 1. The lowest BCUT2D eigenvalue weighted by molar-refractivity contribution is -0.384. The molecule has 0 unspecified atom stereocenters. The van der Waals surface area contributed by atoms with Crippen LogP contribution in [-0.2, 0) is 4.79 Å². The zero-order valence-electron chi connectivity index (χ0n) is 24.0. The number of pyridine rings is 1. The zero-order chi connectivity index (χ0) is 30.1. The molecule has 10 nitrogen and oxygen atoms in total. The number of nitrogens with one attached hydrogen (secondary N) is 2. The summed E-state index contributed by atoms with van der Waals surface area (Å²) < 4.78 is 7.59. The average molecular weight is 585 g/mol. The van der Waals surface area contributed by atoms with E-state index >= 15 is 0 Å². The minimum absolute atomic E-state index is 0.0257. The van der Waals surface area contributed by atoms with E-state index in [2.05, 4.69) is 26.6 Å². The average Bonchev–Trinajstić information content (AvgIpc) is 3.48. The SMILES string of the molecule is CCC(=O)Nc1ccc(N2C(=S)N[C@H](c3ccccn3)[C@@H]2c2cc(C)n(-c3cc([N+](=O)[O-])ccc3OC)c2C)cc1C. The van der Waals surface area contributed by atoms with Gasteiger partial charge >= 0.3 is 0 Å². The van der Waals surface area contributed by atoms with E-state index in [1.165, 1.54) is 12.1 Å². The molecular formula is C31H32N6O4S. The summed E-state index contributed by atoms with van der Waals surface area (Å²) in [7, 11) is 1.55. The van der Waals surface area contributed by atoms with Crippen molar-refractivity contribution in [2.45, 2.75) is 46.2 Å². The third-order valence-electron chi connectivity index (χ3n) is 7.58. The summed E-state index contributed by atoms with van der Waals surface area (Å²) in [5.74, 6) is 0.466. The molecule has 11 heteroatoms. The normalized spacial score (nSPS) is 16.3. The van der Waals surface area contributed by atoms with Gasteiger partial charge in [-0.25, -0.2) is 0 Å². The smallest absolute Gasteiger partial charge is 0.271 e. The standard InChI is InChI=1S/C31H32N6O4S/c1-6-28(38)33-24-12-10-21(15-18(24)2)36-30(29(34-31(36)42)25-9-7-8-14-32-25)23-16-19(3)35(20(23)4)26-17-22(37(39)40)11-13-27(26)41-5/h7-17,29-30H,6H2,1-5H3,(H,33,38)(H,34,42)/t29-,30+/m1/s1. The fourth-order valence-electron chi connectivity index (χ4n) is 5.55. The Balaban J connectivity index is 1.67. The molecule has 2 N–H and O–H groups in total. The van der Waals surface area contributed by atoms with Gasteiger partial charge in [-0.1, -0.05) is 13.0 Å². The zero-order valence-corrected chi connectivity index (χ0v) is 24.9. The number of rotatable bonds is 8. The molecule has 0 bridgehead atoms. The Bertz CT molecular complexity index is 1690. The maximum Gasteiger partial charge on any atom is 0.271 e.